The molecule has 4 aromatic rings. The van der Waals surface area contributed by atoms with Crippen LogP contribution in [0.3, 0.4) is 0 Å². The molecular weight excluding hydrogens is 385 g/mol. The van der Waals surface area contributed by atoms with E-state index in [9.17, 15) is 9.18 Å². The molecule has 1 amide bonds. The van der Waals surface area contributed by atoms with Crippen molar-refractivity contribution in [3.05, 3.63) is 84.2 Å². The van der Waals surface area contributed by atoms with E-state index in [1.807, 2.05) is 24.3 Å². The molecule has 7 nitrogen and oxygen atoms in total. The molecule has 0 aliphatic carbocycles. The summed E-state index contributed by atoms with van der Waals surface area (Å²) in [5, 5.41) is 9.76. The Morgan fingerprint density at radius 1 is 1.03 bits per heavy atom. The third kappa shape index (κ3) is 4.33. The van der Waals surface area contributed by atoms with E-state index < -0.39 is 0 Å². The number of benzene rings is 2. The first-order chi connectivity index (χ1) is 14.6. The summed E-state index contributed by atoms with van der Waals surface area (Å²) in [6, 6.07) is 16.9. The van der Waals surface area contributed by atoms with Crippen molar-refractivity contribution in [1.82, 2.24) is 25.5 Å². The minimum Gasteiger partial charge on any atom is -0.497 e. The highest BCUT2D eigenvalue weighted by Crippen LogP contribution is 2.22. The van der Waals surface area contributed by atoms with Gasteiger partial charge in [-0.15, -0.1) is 0 Å². The van der Waals surface area contributed by atoms with Crippen molar-refractivity contribution >= 4 is 5.91 Å². The van der Waals surface area contributed by atoms with Gasteiger partial charge < -0.3 is 10.1 Å². The van der Waals surface area contributed by atoms with Crippen LogP contribution >= 0.6 is 0 Å². The Hall–Kier alpha value is -4.07. The normalized spacial score (nSPS) is 10.6. The summed E-state index contributed by atoms with van der Waals surface area (Å²) in [6.07, 6.45) is 1.41. The first-order valence-corrected chi connectivity index (χ1v) is 9.17. The number of carbonyl (C=O) groups is 1. The van der Waals surface area contributed by atoms with E-state index in [4.69, 9.17) is 4.74 Å². The number of halogens is 1. The van der Waals surface area contributed by atoms with Gasteiger partial charge in [0.25, 0.3) is 5.91 Å². The molecule has 0 unspecified atom stereocenters. The second kappa shape index (κ2) is 8.52. The van der Waals surface area contributed by atoms with E-state index in [1.54, 1.807) is 31.4 Å². The van der Waals surface area contributed by atoms with Gasteiger partial charge in [0.1, 0.15) is 23.6 Å². The SMILES string of the molecule is COc1cccc(-c2cc(C(=O)NCc3cc(-c4ccc(F)cc4)ncn3)[nH]n2)c1. The second-order valence-electron chi connectivity index (χ2n) is 6.48. The van der Waals surface area contributed by atoms with Gasteiger partial charge in [-0.2, -0.15) is 5.10 Å². The molecule has 2 aromatic carbocycles. The number of aromatic amines is 1. The minimum atomic E-state index is -0.312. The summed E-state index contributed by atoms with van der Waals surface area (Å²) in [5.41, 5.74) is 3.86. The van der Waals surface area contributed by atoms with Crippen molar-refractivity contribution in [2.75, 3.05) is 7.11 Å². The predicted molar refractivity (Wildman–Crippen MR) is 109 cm³/mol. The van der Waals surface area contributed by atoms with E-state index in [2.05, 4.69) is 25.5 Å². The summed E-state index contributed by atoms with van der Waals surface area (Å²) in [6.45, 7) is 0.211. The lowest BCUT2D eigenvalue weighted by Crippen LogP contribution is -2.23. The summed E-state index contributed by atoms with van der Waals surface area (Å²) < 4.78 is 18.3. The Morgan fingerprint density at radius 2 is 1.87 bits per heavy atom. The maximum absolute atomic E-state index is 13.1. The lowest BCUT2D eigenvalue weighted by Gasteiger charge is -2.05. The molecule has 2 N–H and O–H groups in total. The van der Waals surface area contributed by atoms with Crippen molar-refractivity contribution in [3.63, 3.8) is 0 Å². The molecule has 8 heteroatoms. The molecule has 0 radical (unpaired) electrons. The van der Waals surface area contributed by atoms with Crippen LogP contribution in [0.15, 0.2) is 67.0 Å². The monoisotopic (exact) mass is 403 g/mol. The lowest BCUT2D eigenvalue weighted by molar-refractivity contribution is 0.0945. The number of H-pyrrole nitrogens is 1. The van der Waals surface area contributed by atoms with Gasteiger partial charge in [-0.05, 0) is 48.5 Å². The summed E-state index contributed by atoms with van der Waals surface area (Å²) in [4.78, 5) is 20.9. The fourth-order valence-electron chi connectivity index (χ4n) is 2.91. The van der Waals surface area contributed by atoms with Gasteiger partial charge in [-0.3, -0.25) is 9.89 Å². The third-order valence-electron chi connectivity index (χ3n) is 4.48. The second-order valence-corrected chi connectivity index (χ2v) is 6.48. The molecule has 0 aliphatic heterocycles. The van der Waals surface area contributed by atoms with Gasteiger partial charge in [0.05, 0.1) is 30.7 Å². The fourth-order valence-corrected chi connectivity index (χ4v) is 2.91. The molecule has 2 aromatic heterocycles. The van der Waals surface area contributed by atoms with Crippen molar-refractivity contribution in [2.24, 2.45) is 0 Å². The van der Waals surface area contributed by atoms with Crippen molar-refractivity contribution < 1.29 is 13.9 Å². The minimum absolute atomic E-state index is 0.211. The maximum atomic E-state index is 13.1. The lowest BCUT2D eigenvalue weighted by atomic mass is 10.1. The zero-order valence-corrected chi connectivity index (χ0v) is 16.1. The van der Waals surface area contributed by atoms with Gasteiger partial charge in [-0.1, -0.05) is 12.1 Å². The highest BCUT2D eigenvalue weighted by molar-refractivity contribution is 5.93. The standard InChI is InChI=1S/C22H18FN5O2/c1-30-18-4-2-3-15(9-18)20-11-21(28-27-20)22(29)24-12-17-10-19(26-13-25-17)14-5-7-16(23)8-6-14/h2-11,13H,12H2,1H3,(H,24,29)(H,27,28). The fraction of sp³-hybridized carbons (Fsp3) is 0.0909. The molecule has 0 fully saturated rings. The molecule has 0 bridgehead atoms. The van der Waals surface area contributed by atoms with Crippen molar-refractivity contribution in [1.29, 1.82) is 0 Å². The third-order valence-corrected chi connectivity index (χ3v) is 4.48. The molecule has 0 saturated heterocycles. The van der Waals surface area contributed by atoms with E-state index >= 15 is 0 Å². The van der Waals surface area contributed by atoms with E-state index in [0.29, 0.717) is 28.5 Å². The summed E-state index contributed by atoms with van der Waals surface area (Å²) in [7, 11) is 1.59. The molecule has 150 valence electrons. The molecule has 0 aliphatic rings. The van der Waals surface area contributed by atoms with Crippen LogP contribution in [-0.2, 0) is 6.54 Å². The van der Waals surface area contributed by atoms with Crippen molar-refractivity contribution in [3.8, 4) is 28.3 Å². The predicted octanol–water partition coefficient (Wildman–Crippen LogP) is 3.61. The van der Waals surface area contributed by atoms with Gasteiger partial charge in [-0.25, -0.2) is 14.4 Å². The Morgan fingerprint density at radius 3 is 2.67 bits per heavy atom. The first kappa shape index (κ1) is 19.3. The number of rotatable bonds is 6. The Bertz CT molecular complexity index is 1170. The van der Waals surface area contributed by atoms with E-state index in [-0.39, 0.29) is 18.3 Å². The number of hydrogen-bond acceptors (Lipinski definition) is 5. The van der Waals surface area contributed by atoms with Crippen LogP contribution in [0.5, 0.6) is 5.75 Å². The molecule has 4 rings (SSSR count). The number of amides is 1. The number of methoxy groups -OCH3 is 1. The Kier molecular flexibility index (Phi) is 5.47. The van der Waals surface area contributed by atoms with Crippen LogP contribution in [-0.4, -0.2) is 33.2 Å². The summed E-state index contributed by atoms with van der Waals surface area (Å²) in [5.74, 6) is 0.0916. The number of aromatic nitrogens is 4. The first-order valence-electron chi connectivity index (χ1n) is 9.17. The van der Waals surface area contributed by atoms with E-state index in [0.717, 1.165) is 11.1 Å². The van der Waals surface area contributed by atoms with Gasteiger partial charge in [0.2, 0.25) is 0 Å². The smallest absolute Gasteiger partial charge is 0.269 e. The molecule has 0 spiro atoms. The topological polar surface area (TPSA) is 92.8 Å². The van der Waals surface area contributed by atoms with Crippen molar-refractivity contribution in [2.45, 2.75) is 6.54 Å². The quantitative estimate of drug-likeness (QED) is 0.513. The van der Waals surface area contributed by atoms with Crippen LogP contribution in [0, 0.1) is 5.82 Å². The number of nitrogens with zero attached hydrogens (tertiary/aromatic N) is 3. The van der Waals surface area contributed by atoms with Gasteiger partial charge in [0, 0.05) is 11.1 Å². The van der Waals surface area contributed by atoms with Crippen LogP contribution < -0.4 is 10.1 Å². The zero-order chi connectivity index (χ0) is 20.9. The van der Waals surface area contributed by atoms with Gasteiger partial charge in [0.15, 0.2) is 0 Å². The van der Waals surface area contributed by atoms with Crippen LogP contribution in [0.25, 0.3) is 22.5 Å². The van der Waals surface area contributed by atoms with Gasteiger partial charge >= 0.3 is 0 Å². The molecule has 30 heavy (non-hydrogen) atoms. The number of ether oxygens (including phenoxy) is 1. The summed E-state index contributed by atoms with van der Waals surface area (Å²) >= 11 is 0. The molecule has 2 heterocycles. The van der Waals surface area contributed by atoms with Crippen LogP contribution in [0.1, 0.15) is 16.2 Å². The number of hydrogen-bond donors (Lipinski definition) is 2. The van der Waals surface area contributed by atoms with Crippen LogP contribution in [0.4, 0.5) is 4.39 Å². The average molecular weight is 403 g/mol. The Labute approximate surface area is 172 Å². The zero-order valence-electron chi connectivity index (χ0n) is 16.1. The highest BCUT2D eigenvalue weighted by Gasteiger charge is 2.12. The Balaban J connectivity index is 1.43. The molecule has 0 saturated carbocycles. The average Bonchev–Trinajstić information content (AvgIpc) is 3.29. The molecule has 0 atom stereocenters. The van der Waals surface area contributed by atoms with Crippen LogP contribution in [0.2, 0.25) is 0 Å². The molecular formula is C22H18FN5O2. The van der Waals surface area contributed by atoms with E-state index in [1.165, 1.54) is 18.5 Å². The maximum Gasteiger partial charge on any atom is 0.269 e. The largest absolute Gasteiger partial charge is 0.497 e. The number of carbonyl (C=O) groups excluding carboxylic acids is 1. The highest BCUT2D eigenvalue weighted by atomic mass is 19.1. The number of nitrogens with one attached hydrogen (secondary N) is 2.